The highest BCUT2D eigenvalue weighted by Crippen LogP contribution is 2.07. The summed E-state index contributed by atoms with van der Waals surface area (Å²) in [6, 6.07) is 3.41. The molecule has 0 bridgehead atoms. The quantitative estimate of drug-likeness (QED) is 0.912. The van der Waals surface area contributed by atoms with Crippen molar-refractivity contribution in [2.45, 2.75) is 34.2 Å². The summed E-state index contributed by atoms with van der Waals surface area (Å²) in [6.45, 7) is 8.67. The van der Waals surface area contributed by atoms with Crippen LogP contribution in [0.2, 0.25) is 0 Å². The third-order valence-electron chi connectivity index (χ3n) is 2.89. The van der Waals surface area contributed by atoms with Gasteiger partial charge in [-0.15, -0.1) is 0 Å². The topological polar surface area (TPSA) is 72.7 Å². The first-order valence-corrected chi connectivity index (χ1v) is 6.63. The number of nitrogens with one attached hydrogen (secondary N) is 1. The first-order chi connectivity index (χ1) is 9.49. The number of hydrogen-bond acceptors (Lipinski definition) is 5. The molecule has 6 heteroatoms. The van der Waals surface area contributed by atoms with E-state index in [0.717, 1.165) is 23.8 Å². The van der Waals surface area contributed by atoms with Crippen molar-refractivity contribution in [3.63, 3.8) is 0 Å². The number of aromatic nitrogens is 4. The standard InChI is InChI=1S/C14H19N5O/c1-5-15-12-6-9(2)17-13(18-12)8-19-11(4)16-10(3)7-14(19)20/h6-7H,5,8H2,1-4H3,(H,15,17,18). The van der Waals surface area contributed by atoms with Crippen LogP contribution in [-0.4, -0.2) is 26.1 Å². The number of aryl methyl sites for hydroxylation is 3. The molecule has 0 aliphatic carbocycles. The lowest BCUT2D eigenvalue weighted by molar-refractivity contribution is 0.662. The molecule has 106 valence electrons. The van der Waals surface area contributed by atoms with Gasteiger partial charge in [0, 0.05) is 30.1 Å². The Morgan fingerprint density at radius 2 is 1.80 bits per heavy atom. The Balaban J connectivity index is 2.37. The highest BCUT2D eigenvalue weighted by Gasteiger charge is 2.07. The molecular weight excluding hydrogens is 254 g/mol. The SMILES string of the molecule is CCNc1cc(C)nc(Cn2c(C)nc(C)cc2=O)n1. The van der Waals surface area contributed by atoms with Crippen molar-refractivity contribution >= 4 is 5.82 Å². The average Bonchev–Trinajstić information content (AvgIpc) is 2.33. The van der Waals surface area contributed by atoms with Crippen molar-refractivity contribution in [3.05, 3.63) is 45.5 Å². The van der Waals surface area contributed by atoms with Gasteiger partial charge in [-0.2, -0.15) is 0 Å². The van der Waals surface area contributed by atoms with Gasteiger partial charge in [-0.05, 0) is 27.7 Å². The summed E-state index contributed by atoms with van der Waals surface area (Å²) in [4.78, 5) is 25.1. The van der Waals surface area contributed by atoms with E-state index in [1.54, 1.807) is 4.57 Å². The van der Waals surface area contributed by atoms with E-state index in [4.69, 9.17) is 0 Å². The second-order valence-corrected chi connectivity index (χ2v) is 4.71. The van der Waals surface area contributed by atoms with Gasteiger partial charge in [-0.25, -0.2) is 15.0 Å². The summed E-state index contributed by atoms with van der Waals surface area (Å²) in [5.74, 6) is 2.06. The van der Waals surface area contributed by atoms with Gasteiger partial charge in [0.05, 0.1) is 6.54 Å². The molecule has 2 rings (SSSR count). The van der Waals surface area contributed by atoms with E-state index in [1.165, 1.54) is 6.07 Å². The third kappa shape index (κ3) is 3.20. The molecule has 0 aromatic carbocycles. The van der Waals surface area contributed by atoms with Gasteiger partial charge in [0.25, 0.3) is 5.56 Å². The van der Waals surface area contributed by atoms with Crippen LogP contribution < -0.4 is 10.9 Å². The maximum absolute atomic E-state index is 12.0. The van der Waals surface area contributed by atoms with Crippen molar-refractivity contribution in [2.24, 2.45) is 0 Å². The maximum Gasteiger partial charge on any atom is 0.254 e. The van der Waals surface area contributed by atoms with Crippen LogP contribution in [-0.2, 0) is 6.54 Å². The minimum Gasteiger partial charge on any atom is -0.370 e. The Morgan fingerprint density at radius 3 is 2.45 bits per heavy atom. The van der Waals surface area contributed by atoms with E-state index in [0.29, 0.717) is 18.2 Å². The lowest BCUT2D eigenvalue weighted by atomic mass is 10.3. The molecule has 2 aromatic rings. The third-order valence-corrected chi connectivity index (χ3v) is 2.89. The lowest BCUT2D eigenvalue weighted by Crippen LogP contribution is -2.25. The van der Waals surface area contributed by atoms with E-state index < -0.39 is 0 Å². The minimum absolute atomic E-state index is 0.0786. The molecule has 0 radical (unpaired) electrons. The summed E-state index contributed by atoms with van der Waals surface area (Å²) < 4.78 is 1.58. The normalized spacial score (nSPS) is 10.6. The molecule has 0 atom stereocenters. The predicted molar refractivity (Wildman–Crippen MR) is 78.0 cm³/mol. The molecule has 0 fully saturated rings. The lowest BCUT2D eigenvalue weighted by Gasteiger charge is -2.10. The van der Waals surface area contributed by atoms with Gasteiger partial charge in [-0.3, -0.25) is 9.36 Å². The monoisotopic (exact) mass is 273 g/mol. The molecule has 0 saturated carbocycles. The molecule has 0 amide bonds. The van der Waals surface area contributed by atoms with Crippen molar-refractivity contribution < 1.29 is 0 Å². The molecule has 20 heavy (non-hydrogen) atoms. The Morgan fingerprint density at radius 1 is 1.10 bits per heavy atom. The number of rotatable bonds is 4. The molecule has 0 aliphatic heterocycles. The van der Waals surface area contributed by atoms with E-state index in [-0.39, 0.29) is 5.56 Å². The molecular formula is C14H19N5O. The van der Waals surface area contributed by atoms with Crippen LogP contribution in [0, 0.1) is 20.8 Å². The molecule has 0 spiro atoms. The van der Waals surface area contributed by atoms with Crippen LogP contribution in [0.25, 0.3) is 0 Å². The van der Waals surface area contributed by atoms with Crippen LogP contribution in [0.4, 0.5) is 5.82 Å². The average molecular weight is 273 g/mol. The molecule has 2 aromatic heterocycles. The number of nitrogens with zero attached hydrogens (tertiary/aromatic N) is 4. The van der Waals surface area contributed by atoms with Gasteiger partial charge in [-0.1, -0.05) is 0 Å². The summed E-state index contributed by atoms with van der Waals surface area (Å²) in [7, 11) is 0. The minimum atomic E-state index is -0.0786. The molecule has 6 nitrogen and oxygen atoms in total. The summed E-state index contributed by atoms with van der Waals surface area (Å²) in [5.41, 5.74) is 1.52. The van der Waals surface area contributed by atoms with Crippen LogP contribution in [0.15, 0.2) is 16.9 Å². The van der Waals surface area contributed by atoms with Crippen molar-refractivity contribution in [1.29, 1.82) is 0 Å². The van der Waals surface area contributed by atoms with Gasteiger partial charge in [0.2, 0.25) is 0 Å². The highest BCUT2D eigenvalue weighted by atomic mass is 16.1. The second kappa shape index (κ2) is 5.81. The fourth-order valence-corrected chi connectivity index (χ4v) is 2.07. The fourth-order valence-electron chi connectivity index (χ4n) is 2.07. The summed E-state index contributed by atoms with van der Waals surface area (Å²) in [6.07, 6.45) is 0. The molecule has 0 unspecified atom stereocenters. The second-order valence-electron chi connectivity index (χ2n) is 4.71. The Kier molecular flexibility index (Phi) is 4.12. The highest BCUT2D eigenvalue weighted by molar-refractivity contribution is 5.35. The summed E-state index contributed by atoms with van der Waals surface area (Å²) >= 11 is 0. The summed E-state index contributed by atoms with van der Waals surface area (Å²) in [5, 5.41) is 3.16. The Labute approximate surface area is 117 Å². The first kappa shape index (κ1) is 14.2. The molecule has 2 heterocycles. The van der Waals surface area contributed by atoms with Crippen LogP contribution >= 0.6 is 0 Å². The van der Waals surface area contributed by atoms with Gasteiger partial charge >= 0.3 is 0 Å². The van der Waals surface area contributed by atoms with Crippen LogP contribution in [0.5, 0.6) is 0 Å². The van der Waals surface area contributed by atoms with Crippen molar-refractivity contribution in [3.8, 4) is 0 Å². The smallest absolute Gasteiger partial charge is 0.254 e. The van der Waals surface area contributed by atoms with Crippen molar-refractivity contribution in [1.82, 2.24) is 19.5 Å². The zero-order chi connectivity index (χ0) is 14.7. The fraction of sp³-hybridized carbons (Fsp3) is 0.429. The van der Waals surface area contributed by atoms with Gasteiger partial charge < -0.3 is 5.32 Å². The Hall–Kier alpha value is -2.24. The number of anilines is 1. The number of hydrogen-bond donors (Lipinski definition) is 1. The molecule has 0 aliphatic rings. The molecule has 1 N–H and O–H groups in total. The first-order valence-electron chi connectivity index (χ1n) is 6.63. The largest absolute Gasteiger partial charge is 0.370 e. The zero-order valence-electron chi connectivity index (χ0n) is 12.3. The van der Waals surface area contributed by atoms with Gasteiger partial charge in [0.15, 0.2) is 5.82 Å². The zero-order valence-corrected chi connectivity index (χ0v) is 12.3. The van der Waals surface area contributed by atoms with E-state index in [1.807, 2.05) is 33.8 Å². The maximum atomic E-state index is 12.0. The van der Waals surface area contributed by atoms with Crippen LogP contribution in [0.1, 0.15) is 30.0 Å². The molecule has 0 saturated heterocycles. The van der Waals surface area contributed by atoms with Crippen molar-refractivity contribution in [2.75, 3.05) is 11.9 Å². The Bertz CT molecular complexity index is 678. The van der Waals surface area contributed by atoms with E-state index in [2.05, 4.69) is 20.3 Å². The predicted octanol–water partition coefficient (Wildman–Crippen LogP) is 1.44. The van der Waals surface area contributed by atoms with Gasteiger partial charge in [0.1, 0.15) is 11.6 Å². The van der Waals surface area contributed by atoms with E-state index >= 15 is 0 Å². The van der Waals surface area contributed by atoms with Crippen LogP contribution in [0.3, 0.4) is 0 Å². The van der Waals surface area contributed by atoms with E-state index in [9.17, 15) is 4.79 Å².